The summed E-state index contributed by atoms with van der Waals surface area (Å²) in [5, 5.41) is 0.0262. The molecule has 1 saturated heterocycles. The molecule has 0 aromatic heterocycles. The summed E-state index contributed by atoms with van der Waals surface area (Å²) in [6.45, 7) is 16.7. The Morgan fingerprint density at radius 2 is 1.96 bits per heavy atom. The molecule has 1 aliphatic heterocycles. The first-order valence-electron chi connectivity index (χ1n) is 9.82. The summed E-state index contributed by atoms with van der Waals surface area (Å²) in [5.74, 6) is -0.900. The lowest BCUT2D eigenvalue weighted by molar-refractivity contribution is -0.134. The van der Waals surface area contributed by atoms with Gasteiger partial charge in [0.05, 0.1) is 18.1 Å². The van der Waals surface area contributed by atoms with E-state index in [1.807, 2.05) is 37.3 Å². The van der Waals surface area contributed by atoms with E-state index < -0.39 is 20.3 Å². The van der Waals surface area contributed by atoms with Gasteiger partial charge in [-0.1, -0.05) is 57.2 Å². The average molecular weight is 404 g/mol. The molecular formula is C22H33NO4Si. The van der Waals surface area contributed by atoms with Crippen LogP contribution in [0.25, 0.3) is 0 Å². The highest BCUT2D eigenvalue weighted by Crippen LogP contribution is 2.38. The van der Waals surface area contributed by atoms with Gasteiger partial charge < -0.3 is 9.16 Å². The summed E-state index contributed by atoms with van der Waals surface area (Å²) < 4.78 is 11.6. The van der Waals surface area contributed by atoms with Gasteiger partial charge in [0.25, 0.3) is 0 Å². The lowest BCUT2D eigenvalue weighted by Gasteiger charge is -2.40. The number of carbonyl (C=O) groups is 2. The summed E-state index contributed by atoms with van der Waals surface area (Å²) in [5.41, 5.74) is 1.06. The standard InChI is InChI=1S/C22H33NO4Si/c1-8-19(16(2)27-28(6,7)22(3,4)5)20(24)23-18(15-26-21(23)25)14-17-12-10-9-11-13-17/h8-13,16,18-19H,1,14-15H2,2-7H3/t16?,18-,19-/m1/s1. The molecule has 28 heavy (non-hydrogen) atoms. The number of hydrogen-bond acceptors (Lipinski definition) is 4. The van der Waals surface area contributed by atoms with E-state index in [1.54, 1.807) is 6.08 Å². The van der Waals surface area contributed by atoms with Crippen molar-refractivity contribution in [1.29, 1.82) is 0 Å². The van der Waals surface area contributed by atoms with Crippen LogP contribution in [0.5, 0.6) is 0 Å². The van der Waals surface area contributed by atoms with E-state index in [4.69, 9.17) is 9.16 Å². The first-order chi connectivity index (χ1) is 13.0. The molecule has 1 fully saturated rings. The van der Waals surface area contributed by atoms with Gasteiger partial charge >= 0.3 is 6.09 Å². The van der Waals surface area contributed by atoms with Crippen LogP contribution in [0, 0.1) is 5.92 Å². The Morgan fingerprint density at radius 1 is 1.36 bits per heavy atom. The van der Waals surface area contributed by atoms with Crippen LogP contribution >= 0.6 is 0 Å². The fraction of sp³-hybridized carbons (Fsp3) is 0.545. The van der Waals surface area contributed by atoms with Crippen molar-refractivity contribution in [2.75, 3.05) is 6.61 Å². The fourth-order valence-corrected chi connectivity index (χ4v) is 4.57. The Morgan fingerprint density at radius 3 is 2.50 bits per heavy atom. The van der Waals surface area contributed by atoms with Crippen LogP contribution in [0.4, 0.5) is 4.79 Å². The molecule has 5 nitrogen and oxygen atoms in total. The van der Waals surface area contributed by atoms with Crippen LogP contribution in [0.2, 0.25) is 18.1 Å². The predicted molar refractivity (Wildman–Crippen MR) is 114 cm³/mol. The number of nitrogens with zero attached hydrogens (tertiary/aromatic N) is 1. The summed E-state index contributed by atoms with van der Waals surface area (Å²) in [7, 11) is -2.06. The molecule has 1 heterocycles. The third-order valence-electron chi connectivity index (χ3n) is 5.84. The van der Waals surface area contributed by atoms with Crippen molar-refractivity contribution in [1.82, 2.24) is 4.90 Å². The minimum atomic E-state index is -2.06. The second-order valence-electron chi connectivity index (χ2n) is 8.97. The lowest BCUT2D eigenvalue weighted by Crippen LogP contribution is -2.50. The van der Waals surface area contributed by atoms with Gasteiger partial charge in [0, 0.05) is 0 Å². The van der Waals surface area contributed by atoms with Crippen LogP contribution < -0.4 is 0 Å². The molecule has 1 aliphatic rings. The van der Waals surface area contributed by atoms with Crippen molar-refractivity contribution in [2.45, 2.75) is 64.4 Å². The number of cyclic esters (lactones) is 1. The van der Waals surface area contributed by atoms with Gasteiger partial charge in [-0.3, -0.25) is 4.79 Å². The molecule has 2 rings (SSSR count). The van der Waals surface area contributed by atoms with Gasteiger partial charge in [0.15, 0.2) is 8.32 Å². The topological polar surface area (TPSA) is 55.8 Å². The van der Waals surface area contributed by atoms with E-state index >= 15 is 0 Å². The van der Waals surface area contributed by atoms with Crippen molar-refractivity contribution < 1.29 is 18.8 Å². The lowest BCUT2D eigenvalue weighted by atomic mass is 10.00. The number of imide groups is 1. The zero-order chi connectivity index (χ0) is 21.1. The highest BCUT2D eigenvalue weighted by atomic mass is 28.4. The Labute approximate surface area is 169 Å². The number of carbonyl (C=O) groups excluding carboxylic acids is 2. The Balaban J connectivity index is 2.17. The highest BCUT2D eigenvalue weighted by molar-refractivity contribution is 6.74. The second-order valence-corrected chi connectivity index (χ2v) is 13.7. The monoisotopic (exact) mass is 403 g/mol. The minimum absolute atomic E-state index is 0.0262. The van der Waals surface area contributed by atoms with Gasteiger partial charge in [0.2, 0.25) is 5.91 Å². The van der Waals surface area contributed by atoms with Crippen molar-refractivity contribution in [3.05, 3.63) is 48.6 Å². The molecule has 6 heteroatoms. The molecule has 0 radical (unpaired) electrons. The van der Waals surface area contributed by atoms with E-state index in [-0.39, 0.29) is 29.7 Å². The third-order valence-corrected chi connectivity index (χ3v) is 10.4. The number of benzene rings is 1. The first kappa shape index (κ1) is 22.4. The molecule has 0 N–H and O–H groups in total. The summed E-state index contributed by atoms with van der Waals surface area (Å²) in [6.07, 6.45) is 1.21. The van der Waals surface area contributed by atoms with Crippen molar-refractivity contribution in [3.8, 4) is 0 Å². The SMILES string of the molecule is C=C[C@@H](C(=O)N1C(=O)OC[C@H]1Cc1ccccc1)C(C)O[Si](C)(C)C(C)(C)C. The smallest absolute Gasteiger partial charge is 0.417 e. The Hall–Kier alpha value is -1.92. The van der Waals surface area contributed by atoms with Gasteiger partial charge in [-0.15, -0.1) is 6.58 Å². The van der Waals surface area contributed by atoms with Crippen molar-refractivity contribution in [2.24, 2.45) is 5.92 Å². The van der Waals surface area contributed by atoms with E-state index in [1.165, 1.54) is 4.90 Å². The first-order valence-corrected chi connectivity index (χ1v) is 12.7. The van der Waals surface area contributed by atoms with E-state index in [0.717, 1.165) is 5.56 Å². The van der Waals surface area contributed by atoms with Crippen LogP contribution in [-0.4, -0.2) is 44.0 Å². The maximum atomic E-state index is 13.3. The predicted octanol–water partition coefficient (Wildman–Crippen LogP) is 4.79. The van der Waals surface area contributed by atoms with E-state index in [2.05, 4.69) is 40.4 Å². The molecule has 2 amide bonds. The average Bonchev–Trinajstić information content (AvgIpc) is 2.95. The van der Waals surface area contributed by atoms with Gasteiger partial charge in [-0.25, -0.2) is 9.69 Å². The molecule has 1 unspecified atom stereocenters. The third kappa shape index (κ3) is 4.91. The number of ether oxygens (including phenoxy) is 1. The second kappa shape index (κ2) is 8.62. The van der Waals surface area contributed by atoms with Crippen LogP contribution in [0.1, 0.15) is 33.3 Å². The molecule has 0 spiro atoms. The number of amides is 2. The summed E-state index contributed by atoms with van der Waals surface area (Å²) in [6, 6.07) is 9.49. The maximum Gasteiger partial charge on any atom is 0.417 e. The summed E-state index contributed by atoms with van der Waals surface area (Å²) >= 11 is 0. The van der Waals surface area contributed by atoms with Crippen molar-refractivity contribution in [3.63, 3.8) is 0 Å². The van der Waals surface area contributed by atoms with Crippen LogP contribution in [0.3, 0.4) is 0 Å². The molecule has 0 bridgehead atoms. The largest absolute Gasteiger partial charge is 0.447 e. The molecular weight excluding hydrogens is 370 g/mol. The Kier molecular flexibility index (Phi) is 6.88. The molecule has 0 saturated carbocycles. The molecule has 1 aromatic rings. The quantitative estimate of drug-likeness (QED) is 0.485. The number of hydrogen-bond donors (Lipinski definition) is 0. The van der Waals surface area contributed by atoms with E-state index in [9.17, 15) is 9.59 Å². The number of rotatable bonds is 7. The van der Waals surface area contributed by atoms with Crippen molar-refractivity contribution >= 4 is 20.3 Å². The zero-order valence-corrected chi connectivity index (χ0v) is 18.9. The fourth-order valence-electron chi connectivity index (χ4n) is 3.14. The van der Waals surface area contributed by atoms with Gasteiger partial charge in [-0.2, -0.15) is 0 Å². The minimum Gasteiger partial charge on any atom is -0.447 e. The van der Waals surface area contributed by atoms with Crippen LogP contribution in [0.15, 0.2) is 43.0 Å². The highest BCUT2D eigenvalue weighted by Gasteiger charge is 2.44. The molecule has 1 aromatic carbocycles. The summed E-state index contributed by atoms with van der Waals surface area (Å²) in [4.78, 5) is 26.8. The molecule has 0 aliphatic carbocycles. The zero-order valence-electron chi connectivity index (χ0n) is 17.9. The molecule has 154 valence electrons. The van der Waals surface area contributed by atoms with Crippen LogP contribution in [-0.2, 0) is 20.4 Å². The van der Waals surface area contributed by atoms with E-state index in [0.29, 0.717) is 6.42 Å². The van der Waals surface area contributed by atoms with Gasteiger partial charge in [0.1, 0.15) is 6.61 Å². The molecule has 3 atom stereocenters. The normalized spacial score (nSPS) is 19.9. The maximum absolute atomic E-state index is 13.3. The Bertz CT molecular complexity index is 711. The van der Waals surface area contributed by atoms with Gasteiger partial charge in [-0.05, 0) is 37.0 Å².